The molecule has 0 atom stereocenters. The standard InChI is InChI=1S/2C20H35P2.2Pd/c2*1-15(2)21(16(3)4)13-19-10-9-11-20(12-19)14-22(17(5)6)18(7)8;;/h2*9-11,15-18H,13-14H2,1-8H3;;/q2*-1;;+2. The Labute approximate surface area is 321 Å². The predicted molar refractivity (Wildman–Crippen MR) is 214 cm³/mol. The van der Waals surface area contributed by atoms with Gasteiger partial charge < -0.3 is 0 Å². The molecule has 2 aromatic rings. The zero-order valence-corrected chi connectivity index (χ0v) is 39.0. The molecule has 0 aromatic heterocycles. The largest absolute Gasteiger partial charge is 2.00 e. The van der Waals surface area contributed by atoms with Crippen LogP contribution in [0.15, 0.2) is 36.4 Å². The zero-order chi connectivity index (χ0) is 33.7. The van der Waals surface area contributed by atoms with Crippen molar-refractivity contribution in [3.05, 3.63) is 70.8 Å². The summed E-state index contributed by atoms with van der Waals surface area (Å²) in [5.41, 5.74) is 12.2. The molecule has 0 saturated heterocycles. The van der Waals surface area contributed by atoms with E-state index in [9.17, 15) is 0 Å². The molecule has 2 aromatic carbocycles. The molecule has 0 aliphatic carbocycles. The van der Waals surface area contributed by atoms with Gasteiger partial charge in [-0.25, -0.2) is 0 Å². The summed E-state index contributed by atoms with van der Waals surface area (Å²) < 4.78 is 0. The van der Waals surface area contributed by atoms with Crippen molar-refractivity contribution in [2.75, 3.05) is 0 Å². The minimum Gasteiger partial charge on any atom is -0.176 e. The van der Waals surface area contributed by atoms with E-state index in [0.717, 1.165) is 45.3 Å². The number of hydrogen-bond donors (Lipinski definition) is 0. The first-order chi connectivity index (χ1) is 20.4. The minimum absolute atomic E-state index is 0. The maximum atomic E-state index is 3.76. The predicted octanol–water partition coefficient (Wildman–Crippen LogP) is 14.2. The fraction of sp³-hybridized carbons (Fsp3) is 0.700. The van der Waals surface area contributed by atoms with Crippen molar-refractivity contribution in [3.8, 4) is 0 Å². The number of rotatable bonds is 16. The van der Waals surface area contributed by atoms with Crippen molar-refractivity contribution in [3.63, 3.8) is 0 Å². The Hall–Kier alpha value is 1.48. The van der Waals surface area contributed by atoms with Crippen LogP contribution in [0.5, 0.6) is 0 Å². The summed E-state index contributed by atoms with van der Waals surface area (Å²) >= 11 is 0. The van der Waals surface area contributed by atoms with E-state index in [1.165, 1.54) is 46.9 Å². The van der Waals surface area contributed by atoms with E-state index < -0.39 is 0 Å². The number of benzene rings is 2. The molecule has 0 saturated carbocycles. The maximum Gasteiger partial charge on any atom is 2.00 e. The second-order valence-electron chi connectivity index (χ2n) is 14.8. The van der Waals surface area contributed by atoms with Crippen molar-refractivity contribution in [2.24, 2.45) is 0 Å². The SMILES string of the molecule is CC(C)P(Cc1[c-]c(CP(C(C)C)C(C)C)ccc1)C(C)C.CC(C)P(Cc1[c-]c(CP(C(C)C)C(C)C)ccc1)C(C)C.[Pd+2].[Pd]. The molecule has 0 bridgehead atoms. The molecule has 0 nitrogen and oxygen atoms in total. The Kier molecular flexibility index (Phi) is 27.4. The van der Waals surface area contributed by atoms with Crippen LogP contribution in [0.3, 0.4) is 0 Å². The van der Waals surface area contributed by atoms with Crippen LogP contribution >= 0.6 is 31.7 Å². The molecule has 0 spiro atoms. The van der Waals surface area contributed by atoms with Gasteiger partial charge in [-0.2, -0.15) is 70.8 Å². The van der Waals surface area contributed by atoms with Crippen molar-refractivity contribution in [2.45, 2.75) is 181 Å². The minimum atomic E-state index is 0. The first kappa shape index (κ1) is 49.6. The third-order valence-corrected chi connectivity index (χ3v) is 22.0. The monoisotopic (exact) mass is 886 g/mol. The van der Waals surface area contributed by atoms with Gasteiger partial charge >= 0.3 is 20.4 Å². The van der Waals surface area contributed by atoms with Gasteiger partial charge in [0.2, 0.25) is 0 Å². The van der Waals surface area contributed by atoms with Crippen LogP contribution in [0.1, 0.15) is 133 Å². The van der Waals surface area contributed by atoms with Gasteiger partial charge in [0.05, 0.1) is 0 Å². The molecule has 0 N–H and O–H groups in total. The summed E-state index contributed by atoms with van der Waals surface area (Å²) in [7, 11) is 0.246. The van der Waals surface area contributed by atoms with Gasteiger partial charge in [-0.1, -0.05) is 142 Å². The molecular formula is C40H70P4Pd2. The average molecular weight is 888 g/mol. The third-order valence-electron chi connectivity index (χ3n) is 8.55. The Morgan fingerprint density at radius 1 is 0.370 bits per heavy atom. The van der Waals surface area contributed by atoms with Crippen molar-refractivity contribution >= 4 is 31.7 Å². The van der Waals surface area contributed by atoms with Gasteiger partial charge in [0.1, 0.15) is 0 Å². The van der Waals surface area contributed by atoms with Crippen LogP contribution in [-0.2, 0) is 65.5 Å². The fourth-order valence-corrected chi connectivity index (χ4v) is 16.1. The second-order valence-corrected chi connectivity index (χ2v) is 28.5. The third kappa shape index (κ3) is 18.6. The summed E-state index contributed by atoms with van der Waals surface area (Å²) in [6.45, 7) is 38.1. The van der Waals surface area contributed by atoms with Gasteiger partial charge in [0.25, 0.3) is 0 Å². The molecule has 46 heavy (non-hydrogen) atoms. The quantitative estimate of drug-likeness (QED) is 0.0895. The topological polar surface area (TPSA) is 0 Å². The maximum absolute atomic E-state index is 3.76. The van der Waals surface area contributed by atoms with Crippen molar-refractivity contribution in [1.29, 1.82) is 0 Å². The van der Waals surface area contributed by atoms with E-state index in [1.54, 1.807) is 0 Å². The summed E-state index contributed by atoms with van der Waals surface area (Å²) in [5.74, 6) is 0. The molecule has 0 unspecified atom stereocenters. The Morgan fingerprint density at radius 2 is 0.522 bits per heavy atom. The number of hydrogen-bond acceptors (Lipinski definition) is 0. The first-order valence-electron chi connectivity index (χ1n) is 17.5. The second kappa shape index (κ2) is 25.4. The average Bonchev–Trinajstić information content (AvgIpc) is 2.91. The van der Waals surface area contributed by atoms with Crippen LogP contribution in [-0.4, -0.2) is 45.3 Å². The molecule has 0 radical (unpaired) electrons. The summed E-state index contributed by atoms with van der Waals surface area (Å²) in [5, 5.41) is 0. The molecule has 0 fully saturated rings. The van der Waals surface area contributed by atoms with Crippen molar-refractivity contribution in [1.82, 2.24) is 0 Å². The van der Waals surface area contributed by atoms with E-state index in [4.69, 9.17) is 0 Å². The Balaban J connectivity index is 0. The molecule has 6 heteroatoms. The fourth-order valence-electron chi connectivity index (χ4n) is 6.14. The summed E-state index contributed by atoms with van der Waals surface area (Å²) in [4.78, 5) is 0. The van der Waals surface area contributed by atoms with Gasteiger partial charge in [-0.3, -0.25) is 0 Å². The van der Waals surface area contributed by atoms with Crippen LogP contribution < -0.4 is 0 Å². The van der Waals surface area contributed by atoms with Crippen LogP contribution in [0.2, 0.25) is 0 Å². The molecule has 270 valence electrons. The summed E-state index contributed by atoms with van der Waals surface area (Å²) in [6, 6.07) is 21.2. The van der Waals surface area contributed by atoms with E-state index >= 15 is 0 Å². The van der Waals surface area contributed by atoms with E-state index in [1.807, 2.05) is 0 Å². The van der Waals surface area contributed by atoms with E-state index in [2.05, 4.69) is 159 Å². The molecule has 0 heterocycles. The molecule has 0 aliphatic heterocycles. The zero-order valence-electron chi connectivity index (χ0n) is 32.3. The molecule has 2 rings (SSSR count). The first-order valence-corrected chi connectivity index (χ1v) is 24.1. The van der Waals surface area contributed by atoms with Crippen LogP contribution in [0, 0.1) is 12.1 Å². The van der Waals surface area contributed by atoms with E-state index in [0.29, 0.717) is 0 Å². The van der Waals surface area contributed by atoms with Crippen molar-refractivity contribution < 1.29 is 40.8 Å². The smallest absolute Gasteiger partial charge is 0.176 e. The van der Waals surface area contributed by atoms with Crippen LogP contribution in [0.4, 0.5) is 0 Å². The van der Waals surface area contributed by atoms with Crippen LogP contribution in [0.25, 0.3) is 0 Å². The summed E-state index contributed by atoms with van der Waals surface area (Å²) in [6.07, 6.45) is 4.94. The molecule has 0 amide bonds. The molecule has 0 aliphatic rings. The Morgan fingerprint density at radius 3 is 0.652 bits per heavy atom. The van der Waals surface area contributed by atoms with E-state index in [-0.39, 0.29) is 72.5 Å². The van der Waals surface area contributed by atoms with Gasteiger partial charge in [0, 0.05) is 20.4 Å². The molecular weight excluding hydrogens is 817 g/mol. The van der Waals surface area contributed by atoms with Gasteiger partial charge in [-0.05, 0) is 69.9 Å². The van der Waals surface area contributed by atoms with Gasteiger partial charge in [0.15, 0.2) is 0 Å². The van der Waals surface area contributed by atoms with Gasteiger partial charge in [-0.15, -0.1) is 0 Å². The normalized spacial score (nSPS) is 12.1. The Bertz CT molecular complexity index is 859.